The lowest BCUT2D eigenvalue weighted by Crippen LogP contribution is -2.40. The first-order valence-electron chi connectivity index (χ1n) is 6.56. The minimum Gasteiger partial charge on any atom is -0.461 e. The molecule has 2 aromatic heterocycles. The summed E-state index contributed by atoms with van der Waals surface area (Å²) in [5.74, 6) is 6.23. The van der Waals surface area contributed by atoms with E-state index >= 15 is 0 Å². The van der Waals surface area contributed by atoms with Crippen molar-refractivity contribution in [3.8, 4) is 11.6 Å². The first-order valence-corrected chi connectivity index (χ1v) is 7.55. The summed E-state index contributed by atoms with van der Waals surface area (Å²) in [6.45, 7) is 2.43. The highest BCUT2D eigenvalue weighted by molar-refractivity contribution is 7.99. The van der Waals surface area contributed by atoms with E-state index in [0.29, 0.717) is 23.3 Å². The molecule has 0 radical (unpaired) electrons. The van der Waals surface area contributed by atoms with E-state index in [1.165, 1.54) is 10.9 Å². The molecule has 0 aliphatic rings. The van der Waals surface area contributed by atoms with Crippen LogP contribution in [0.5, 0.6) is 0 Å². The number of aromatic nitrogens is 3. The van der Waals surface area contributed by atoms with Gasteiger partial charge in [-0.05, 0) is 18.6 Å². The van der Waals surface area contributed by atoms with Gasteiger partial charge < -0.3 is 15.6 Å². The molecule has 2 aromatic rings. The van der Waals surface area contributed by atoms with E-state index in [2.05, 4.69) is 20.8 Å². The lowest BCUT2D eigenvalue weighted by molar-refractivity contribution is -0.117. The predicted molar refractivity (Wildman–Crippen MR) is 80.4 cm³/mol. The van der Waals surface area contributed by atoms with Gasteiger partial charge in [-0.2, -0.15) is 0 Å². The minimum absolute atomic E-state index is 0.00691. The van der Waals surface area contributed by atoms with Gasteiger partial charge >= 0.3 is 6.03 Å². The highest BCUT2D eigenvalue weighted by atomic mass is 32.2. The van der Waals surface area contributed by atoms with Crippen molar-refractivity contribution in [2.45, 2.75) is 18.5 Å². The van der Waals surface area contributed by atoms with Gasteiger partial charge in [-0.15, -0.1) is 10.2 Å². The van der Waals surface area contributed by atoms with E-state index in [-0.39, 0.29) is 5.75 Å². The van der Waals surface area contributed by atoms with Crippen molar-refractivity contribution >= 4 is 23.7 Å². The summed E-state index contributed by atoms with van der Waals surface area (Å²) >= 11 is 1.07. The average Bonchev–Trinajstić information content (AvgIpc) is 3.12. The fourth-order valence-corrected chi connectivity index (χ4v) is 2.18. The molecule has 0 atom stereocenters. The van der Waals surface area contributed by atoms with E-state index in [0.717, 1.165) is 18.2 Å². The third kappa shape index (κ3) is 4.01. The van der Waals surface area contributed by atoms with Crippen LogP contribution < -0.4 is 16.5 Å². The molecule has 118 valence electrons. The van der Waals surface area contributed by atoms with Crippen LogP contribution in [0, 0.1) is 0 Å². The van der Waals surface area contributed by atoms with Gasteiger partial charge in [0.25, 0.3) is 0 Å². The summed E-state index contributed by atoms with van der Waals surface area (Å²) < 4.78 is 6.41. The van der Waals surface area contributed by atoms with Gasteiger partial charge in [-0.25, -0.2) is 9.47 Å². The van der Waals surface area contributed by atoms with Crippen LogP contribution in [-0.2, 0) is 4.79 Å². The van der Waals surface area contributed by atoms with Gasteiger partial charge in [0.2, 0.25) is 16.9 Å². The highest BCUT2D eigenvalue weighted by Crippen LogP contribution is 2.21. The van der Waals surface area contributed by atoms with Crippen molar-refractivity contribution in [1.29, 1.82) is 0 Å². The van der Waals surface area contributed by atoms with Crippen LogP contribution in [0.4, 0.5) is 4.79 Å². The van der Waals surface area contributed by atoms with Crippen molar-refractivity contribution in [3.05, 3.63) is 18.4 Å². The molecule has 0 aromatic carbocycles. The Kier molecular flexibility index (Phi) is 5.42. The molecule has 9 nitrogen and oxygen atoms in total. The van der Waals surface area contributed by atoms with Crippen LogP contribution in [0.3, 0.4) is 0 Å². The molecule has 4 N–H and O–H groups in total. The number of nitrogen functional groups attached to an aromatic ring is 1. The molecular formula is C12H16N6O3S. The number of hydrogen-bond acceptors (Lipinski definition) is 7. The molecule has 0 aliphatic carbocycles. The number of carbonyl (C=O) groups is 2. The van der Waals surface area contributed by atoms with Crippen molar-refractivity contribution in [1.82, 2.24) is 25.5 Å². The van der Waals surface area contributed by atoms with Gasteiger partial charge in [0.1, 0.15) is 0 Å². The summed E-state index contributed by atoms with van der Waals surface area (Å²) in [7, 11) is 0. The molecule has 0 bridgehead atoms. The number of rotatable bonds is 6. The maximum Gasteiger partial charge on any atom is 0.321 e. The zero-order chi connectivity index (χ0) is 15.9. The third-order valence-electron chi connectivity index (χ3n) is 2.53. The van der Waals surface area contributed by atoms with Crippen molar-refractivity contribution in [2.24, 2.45) is 0 Å². The summed E-state index contributed by atoms with van der Waals surface area (Å²) in [6, 6.07) is 2.89. The number of urea groups is 1. The number of nitrogens with one attached hydrogen (secondary N) is 2. The number of nitrogens with zero attached hydrogens (tertiary/aromatic N) is 3. The number of nitrogens with two attached hydrogens (primary N) is 1. The normalized spacial score (nSPS) is 10.4. The fourth-order valence-electron chi connectivity index (χ4n) is 1.52. The molecule has 0 spiro atoms. The second-order valence-corrected chi connectivity index (χ2v) is 5.19. The fraction of sp³-hybridized carbons (Fsp3) is 0.333. The Morgan fingerprint density at radius 1 is 1.45 bits per heavy atom. The summed E-state index contributed by atoms with van der Waals surface area (Å²) in [4.78, 5) is 23.0. The lowest BCUT2D eigenvalue weighted by atomic mass is 10.4. The average molecular weight is 324 g/mol. The van der Waals surface area contributed by atoms with Gasteiger partial charge in [0.15, 0.2) is 5.76 Å². The second-order valence-electron chi connectivity index (χ2n) is 4.25. The first-order chi connectivity index (χ1) is 10.6. The Morgan fingerprint density at radius 3 is 2.95 bits per heavy atom. The topological polar surface area (TPSA) is 128 Å². The molecule has 2 heterocycles. The molecule has 0 aliphatic heterocycles. The van der Waals surface area contributed by atoms with Gasteiger partial charge in [-0.1, -0.05) is 18.7 Å². The largest absolute Gasteiger partial charge is 0.461 e. The van der Waals surface area contributed by atoms with E-state index < -0.39 is 11.9 Å². The number of furan rings is 1. The second kappa shape index (κ2) is 7.50. The number of thioether (sulfide) groups is 1. The summed E-state index contributed by atoms with van der Waals surface area (Å²) in [5, 5.41) is 12.9. The Labute approximate surface area is 130 Å². The monoisotopic (exact) mass is 324 g/mol. The molecular weight excluding hydrogens is 308 g/mol. The van der Waals surface area contributed by atoms with E-state index in [4.69, 9.17) is 10.3 Å². The summed E-state index contributed by atoms with van der Waals surface area (Å²) in [6.07, 6.45) is 2.29. The smallest absolute Gasteiger partial charge is 0.321 e. The van der Waals surface area contributed by atoms with Crippen molar-refractivity contribution in [2.75, 3.05) is 18.1 Å². The van der Waals surface area contributed by atoms with Crippen LogP contribution >= 0.6 is 11.8 Å². The SMILES string of the molecule is CCCNC(=O)NC(=O)CSc1nnc(-c2ccco2)n1N. The van der Waals surface area contributed by atoms with Crippen molar-refractivity contribution < 1.29 is 14.0 Å². The molecule has 22 heavy (non-hydrogen) atoms. The number of carbonyl (C=O) groups excluding carboxylic acids is 2. The third-order valence-corrected chi connectivity index (χ3v) is 3.47. The molecule has 0 unspecified atom stereocenters. The Balaban J connectivity index is 1.87. The Morgan fingerprint density at radius 2 is 2.27 bits per heavy atom. The quantitative estimate of drug-likeness (QED) is 0.523. The maximum atomic E-state index is 11.6. The molecule has 0 saturated carbocycles. The standard InChI is InChI=1S/C12H16N6O3S/c1-2-5-14-11(20)15-9(19)7-22-12-17-16-10(18(12)13)8-4-3-6-21-8/h3-4,6H,2,5,7,13H2,1H3,(H2,14,15,19,20). The molecule has 3 amide bonds. The van der Waals surface area contributed by atoms with Crippen LogP contribution in [0.15, 0.2) is 28.0 Å². The van der Waals surface area contributed by atoms with Crippen LogP contribution in [0.2, 0.25) is 0 Å². The zero-order valence-electron chi connectivity index (χ0n) is 11.9. The Bertz CT molecular complexity index is 639. The van der Waals surface area contributed by atoms with Gasteiger partial charge in [0, 0.05) is 6.54 Å². The first kappa shape index (κ1) is 15.9. The molecule has 10 heteroatoms. The predicted octanol–water partition coefficient (Wildman–Crippen LogP) is 0.580. The number of hydrogen-bond donors (Lipinski definition) is 3. The van der Waals surface area contributed by atoms with Crippen LogP contribution in [0.25, 0.3) is 11.6 Å². The Hall–Kier alpha value is -2.49. The number of imide groups is 1. The van der Waals surface area contributed by atoms with E-state index in [9.17, 15) is 9.59 Å². The molecule has 0 saturated heterocycles. The van der Waals surface area contributed by atoms with Crippen LogP contribution in [-0.4, -0.2) is 39.1 Å². The number of amides is 3. The molecule has 0 fully saturated rings. The maximum absolute atomic E-state index is 11.6. The summed E-state index contributed by atoms with van der Waals surface area (Å²) in [5.41, 5.74) is 0. The highest BCUT2D eigenvalue weighted by Gasteiger charge is 2.16. The van der Waals surface area contributed by atoms with Crippen molar-refractivity contribution in [3.63, 3.8) is 0 Å². The van der Waals surface area contributed by atoms with E-state index in [1.54, 1.807) is 12.1 Å². The van der Waals surface area contributed by atoms with Crippen LogP contribution in [0.1, 0.15) is 13.3 Å². The molecule has 2 rings (SSSR count). The van der Waals surface area contributed by atoms with E-state index in [1.807, 2.05) is 6.92 Å². The minimum atomic E-state index is -0.516. The lowest BCUT2D eigenvalue weighted by Gasteiger charge is -2.05. The van der Waals surface area contributed by atoms with Gasteiger partial charge in [-0.3, -0.25) is 10.1 Å². The van der Waals surface area contributed by atoms with Gasteiger partial charge in [0.05, 0.1) is 12.0 Å². The zero-order valence-corrected chi connectivity index (χ0v) is 12.7.